The van der Waals surface area contributed by atoms with Gasteiger partial charge in [-0.15, -0.1) is 11.3 Å². The minimum atomic E-state index is -0.298. The van der Waals surface area contributed by atoms with Gasteiger partial charge in [-0.3, -0.25) is 5.84 Å². The van der Waals surface area contributed by atoms with Crippen molar-refractivity contribution in [3.63, 3.8) is 0 Å². The molecule has 0 amide bonds. The van der Waals surface area contributed by atoms with Crippen LogP contribution in [0.3, 0.4) is 0 Å². The van der Waals surface area contributed by atoms with E-state index in [9.17, 15) is 4.39 Å². The van der Waals surface area contributed by atoms with Crippen LogP contribution < -0.4 is 11.3 Å². The first-order chi connectivity index (χ1) is 10.2. The van der Waals surface area contributed by atoms with E-state index >= 15 is 0 Å². The maximum atomic E-state index is 13.5. The lowest BCUT2D eigenvalue weighted by Crippen LogP contribution is -2.28. The Hall–Kier alpha value is -0.940. The quantitative estimate of drug-likeness (QED) is 0.500. The molecule has 2 aromatic rings. The molecular formula is C16H18ClFN2S. The summed E-state index contributed by atoms with van der Waals surface area (Å²) < 4.78 is 13.5. The van der Waals surface area contributed by atoms with Gasteiger partial charge in [0.25, 0.3) is 0 Å². The zero-order valence-electron chi connectivity index (χ0n) is 11.7. The summed E-state index contributed by atoms with van der Waals surface area (Å²) in [6, 6.07) is 6.35. The molecule has 2 nitrogen and oxygen atoms in total. The smallest absolute Gasteiger partial charge is 0.123 e. The molecule has 1 atom stereocenters. The number of aryl methyl sites for hydroxylation is 2. The van der Waals surface area contributed by atoms with Crippen LogP contribution in [0.1, 0.15) is 46.2 Å². The van der Waals surface area contributed by atoms with E-state index in [1.54, 1.807) is 17.4 Å². The lowest BCUT2D eigenvalue weighted by molar-refractivity contribution is 0.608. The number of hydrazine groups is 1. The summed E-state index contributed by atoms with van der Waals surface area (Å²) in [5.74, 6) is 5.42. The maximum absolute atomic E-state index is 13.5. The number of nitrogens with one attached hydrogen (secondary N) is 1. The molecule has 0 spiro atoms. The van der Waals surface area contributed by atoms with E-state index in [1.807, 2.05) is 0 Å². The Kier molecular flexibility index (Phi) is 4.60. The van der Waals surface area contributed by atoms with Gasteiger partial charge in [0.1, 0.15) is 5.82 Å². The molecule has 1 aromatic heterocycles. The number of thiophene rings is 1. The largest absolute Gasteiger partial charge is 0.271 e. The predicted molar refractivity (Wildman–Crippen MR) is 86.2 cm³/mol. The van der Waals surface area contributed by atoms with Crippen molar-refractivity contribution in [2.75, 3.05) is 0 Å². The van der Waals surface area contributed by atoms with Crippen LogP contribution in [0.2, 0.25) is 5.02 Å². The normalized spacial score (nSPS) is 16.3. The molecule has 0 radical (unpaired) electrons. The molecule has 1 heterocycles. The minimum absolute atomic E-state index is 0.259. The molecule has 1 aliphatic carbocycles. The molecule has 1 aromatic carbocycles. The Balaban J connectivity index is 1.98. The molecule has 1 aliphatic rings. The second-order valence-corrected chi connectivity index (χ2v) is 7.00. The number of halogens is 2. The average Bonchev–Trinajstić information content (AvgIpc) is 2.74. The van der Waals surface area contributed by atoms with Crippen LogP contribution in [0.25, 0.3) is 0 Å². The van der Waals surface area contributed by atoms with E-state index in [4.69, 9.17) is 17.4 Å². The Morgan fingerprint density at radius 3 is 2.81 bits per heavy atom. The van der Waals surface area contributed by atoms with E-state index < -0.39 is 0 Å². The van der Waals surface area contributed by atoms with Gasteiger partial charge >= 0.3 is 0 Å². The van der Waals surface area contributed by atoms with E-state index in [2.05, 4.69) is 11.5 Å². The predicted octanol–water partition coefficient (Wildman–Crippen LogP) is 4.36. The zero-order chi connectivity index (χ0) is 14.8. The topological polar surface area (TPSA) is 38.0 Å². The Morgan fingerprint density at radius 2 is 2.00 bits per heavy atom. The van der Waals surface area contributed by atoms with E-state index in [1.165, 1.54) is 41.8 Å². The van der Waals surface area contributed by atoms with Crippen molar-refractivity contribution in [2.24, 2.45) is 5.84 Å². The summed E-state index contributed by atoms with van der Waals surface area (Å²) in [7, 11) is 0. The number of rotatable bonds is 3. The number of benzene rings is 1. The molecule has 1 unspecified atom stereocenters. The molecule has 0 fully saturated rings. The Bertz CT molecular complexity index is 618. The van der Waals surface area contributed by atoms with Crippen LogP contribution in [0.5, 0.6) is 0 Å². The first kappa shape index (κ1) is 15.0. The summed E-state index contributed by atoms with van der Waals surface area (Å²) in [5.41, 5.74) is 4.89. The highest BCUT2D eigenvalue weighted by Gasteiger charge is 2.21. The maximum Gasteiger partial charge on any atom is 0.123 e. The van der Waals surface area contributed by atoms with Crippen LogP contribution in [0.15, 0.2) is 24.3 Å². The van der Waals surface area contributed by atoms with Gasteiger partial charge < -0.3 is 0 Å². The van der Waals surface area contributed by atoms with Crippen molar-refractivity contribution in [3.8, 4) is 0 Å². The number of hydrogen-bond donors (Lipinski definition) is 2. The van der Waals surface area contributed by atoms with Gasteiger partial charge in [0.2, 0.25) is 0 Å². The summed E-state index contributed by atoms with van der Waals surface area (Å²) in [6.07, 6.45) is 6.04. The first-order valence-electron chi connectivity index (χ1n) is 7.21. The molecule has 0 saturated carbocycles. The van der Waals surface area contributed by atoms with Gasteiger partial charge in [0, 0.05) is 14.8 Å². The fraction of sp³-hybridized carbons (Fsp3) is 0.375. The van der Waals surface area contributed by atoms with Crippen LogP contribution in [0, 0.1) is 5.82 Å². The second kappa shape index (κ2) is 6.44. The van der Waals surface area contributed by atoms with Crippen LogP contribution >= 0.6 is 22.9 Å². The van der Waals surface area contributed by atoms with Crippen molar-refractivity contribution in [3.05, 3.63) is 56.0 Å². The van der Waals surface area contributed by atoms with Crippen LogP contribution in [-0.2, 0) is 12.8 Å². The fourth-order valence-corrected chi connectivity index (χ4v) is 4.46. The highest BCUT2D eigenvalue weighted by atomic mass is 35.5. The van der Waals surface area contributed by atoms with E-state index in [0.29, 0.717) is 10.6 Å². The summed E-state index contributed by atoms with van der Waals surface area (Å²) >= 11 is 7.98. The van der Waals surface area contributed by atoms with Gasteiger partial charge in [0.05, 0.1) is 6.04 Å². The van der Waals surface area contributed by atoms with Crippen LogP contribution in [0.4, 0.5) is 4.39 Å². The van der Waals surface area contributed by atoms with E-state index in [0.717, 1.165) is 17.7 Å². The van der Waals surface area contributed by atoms with Gasteiger partial charge in [0.15, 0.2) is 0 Å². The number of nitrogens with two attached hydrogens (primary N) is 1. The summed E-state index contributed by atoms with van der Waals surface area (Å²) in [4.78, 5) is 2.55. The molecule has 21 heavy (non-hydrogen) atoms. The third-order valence-electron chi connectivity index (χ3n) is 3.99. The molecular weight excluding hydrogens is 307 g/mol. The minimum Gasteiger partial charge on any atom is -0.271 e. The average molecular weight is 325 g/mol. The van der Waals surface area contributed by atoms with Crippen molar-refractivity contribution in [1.82, 2.24) is 5.43 Å². The zero-order valence-corrected chi connectivity index (χ0v) is 13.2. The third-order valence-corrected chi connectivity index (χ3v) is 5.63. The first-order valence-corrected chi connectivity index (χ1v) is 8.41. The van der Waals surface area contributed by atoms with Crippen LogP contribution in [-0.4, -0.2) is 0 Å². The SMILES string of the molecule is NNC(c1cc2c(s1)CCCCC2)c1cc(F)ccc1Cl. The molecule has 5 heteroatoms. The lowest BCUT2D eigenvalue weighted by Gasteiger charge is -2.16. The van der Waals surface area contributed by atoms with Gasteiger partial charge in [-0.2, -0.15) is 0 Å². The van der Waals surface area contributed by atoms with Gasteiger partial charge in [-0.25, -0.2) is 9.82 Å². The molecule has 3 N–H and O–H groups in total. The standard InChI is InChI=1S/C16H18ClFN2S/c17-13-7-6-11(18)9-12(13)16(20-19)15-8-10-4-2-1-3-5-14(10)21-15/h6-9,16,20H,1-5,19H2. The number of fused-ring (bicyclic) bond motifs is 1. The molecule has 0 saturated heterocycles. The summed E-state index contributed by atoms with van der Waals surface area (Å²) in [5, 5.41) is 0.531. The van der Waals surface area contributed by atoms with Crippen molar-refractivity contribution >= 4 is 22.9 Å². The Morgan fingerprint density at radius 1 is 1.19 bits per heavy atom. The van der Waals surface area contributed by atoms with Crippen molar-refractivity contribution < 1.29 is 4.39 Å². The van der Waals surface area contributed by atoms with Gasteiger partial charge in [-0.05, 0) is 61.1 Å². The van der Waals surface area contributed by atoms with Crippen molar-refractivity contribution in [1.29, 1.82) is 0 Å². The monoisotopic (exact) mass is 324 g/mol. The van der Waals surface area contributed by atoms with Crippen molar-refractivity contribution in [2.45, 2.75) is 38.1 Å². The molecule has 112 valence electrons. The second-order valence-electron chi connectivity index (χ2n) is 5.42. The number of hydrogen-bond acceptors (Lipinski definition) is 3. The molecule has 0 aliphatic heterocycles. The van der Waals surface area contributed by atoms with Gasteiger partial charge in [-0.1, -0.05) is 18.0 Å². The molecule has 3 rings (SSSR count). The van der Waals surface area contributed by atoms with E-state index in [-0.39, 0.29) is 11.9 Å². The lowest BCUT2D eigenvalue weighted by atomic mass is 10.0. The fourth-order valence-electron chi connectivity index (χ4n) is 2.89. The third kappa shape index (κ3) is 3.14. The highest BCUT2D eigenvalue weighted by Crippen LogP contribution is 2.36. The highest BCUT2D eigenvalue weighted by molar-refractivity contribution is 7.12. The Labute approximate surface area is 133 Å². The summed E-state index contributed by atoms with van der Waals surface area (Å²) in [6.45, 7) is 0. The molecule has 0 bridgehead atoms.